The van der Waals surface area contributed by atoms with Crippen LogP contribution in [0.3, 0.4) is 0 Å². The van der Waals surface area contributed by atoms with Gasteiger partial charge in [0.05, 0.1) is 5.92 Å². The van der Waals surface area contributed by atoms with Gasteiger partial charge in [0.25, 0.3) is 5.91 Å². The zero-order chi connectivity index (χ0) is 19.4. The Labute approximate surface area is 158 Å². The maximum atomic E-state index is 12.3. The monoisotopic (exact) mass is 366 g/mol. The molecule has 2 amide bonds. The van der Waals surface area contributed by atoms with E-state index in [1.54, 1.807) is 11.0 Å². The molecule has 1 saturated heterocycles. The molecule has 0 saturated carbocycles. The second-order valence-electron chi connectivity index (χ2n) is 6.64. The van der Waals surface area contributed by atoms with Crippen LogP contribution < -0.4 is 10.2 Å². The van der Waals surface area contributed by atoms with E-state index in [0.717, 1.165) is 16.8 Å². The van der Waals surface area contributed by atoms with Crippen LogP contribution in [-0.2, 0) is 19.1 Å². The lowest BCUT2D eigenvalue weighted by Gasteiger charge is -2.16. The van der Waals surface area contributed by atoms with Crippen molar-refractivity contribution in [3.63, 3.8) is 0 Å². The number of hydrogen-bond acceptors (Lipinski definition) is 4. The van der Waals surface area contributed by atoms with Crippen LogP contribution in [0.2, 0.25) is 0 Å². The van der Waals surface area contributed by atoms with E-state index in [-0.39, 0.29) is 25.5 Å². The number of hydrogen-bond donors (Lipinski definition) is 1. The van der Waals surface area contributed by atoms with Crippen molar-refractivity contribution >= 4 is 29.2 Å². The first-order valence-corrected chi connectivity index (χ1v) is 8.84. The zero-order valence-corrected chi connectivity index (χ0v) is 15.4. The molecular formula is C21H22N2O4. The molecule has 6 heteroatoms. The molecule has 0 unspecified atom stereocenters. The number of para-hydroxylation sites is 1. The molecule has 1 N–H and O–H groups in total. The third kappa shape index (κ3) is 4.34. The van der Waals surface area contributed by atoms with Crippen LogP contribution in [0, 0.1) is 19.8 Å². The predicted octanol–water partition coefficient (Wildman–Crippen LogP) is 2.84. The lowest BCUT2D eigenvalue weighted by Crippen LogP contribution is -2.28. The van der Waals surface area contributed by atoms with E-state index in [2.05, 4.69) is 5.32 Å². The van der Waals surface area contributed by atoms with Gasteiger partial charge in [0.2, 0.25) is 5.91 Å². The highest BCUT2D eigenvalue weighted by atomic mass is 16.5. The lowest BCUT2D eigenvalue weighted by molar-refractivity contribution is -0.151. The van der Waals surface area contributed by atoms with Crippen molar-refractivity contribution in [1.82, 2.24) is 0 Å². The van der Waals surface area contributed by atoms with Gasteiger partial charge in [0, 0.05) is 24.3 Å². The van der Waals surface area contributed by atoms with Gasteiger partial charge in [-0.05, 0) is 43.2 Å². The van der Waals surface area contributed by atoms with Crippen LogP contribution in [0.4, 0.5) is 11.4 Å². The Morgan fingerprint density at radius 2 is 1.85 bits per heavy atom. The molecule has 2 aromatic carbocycles. The molecule has 1 atom stereocenters. The minimum Gasteiger partial charge on any atom is -0.455 e. The summed E-state index contributed by atoms with van der Waals surface area (Å²) in [6, 6.07) is 14.8. The maximum Gasteiger partial charge on any atom is 0.311 e. The number of carbonyl (C=O) groups is 3. The van der Waals surface area contributed by atoms with Crippen molar-refractivity contribution in [3.8, 4) is 0 Å². The quantitative estimate of drug-likeness (QED) is 0.826. The lowest BCUT2D eigenvalue weighted by atomic mass is 10.1. The Morgan fingerprint density at radius 3 is 2.59 bits per heavy atom. The topological polar surface area (TPSA) is 75.7 Å². The first-order chi connectivity index (χ1) is 13.0. The number of anilines is 2. The van der Waals surface area contributed by atoms with Crippen molar-refractivity contribution in [2.75, 3.05) is 23.4 Å². The molecule has 6 nitrogen and oxygen atoms in total. The number of benzene rings is 2. The van der Waals surface area contributed by atoms with Gasteiger partial charge < -0.3 is 15.0 Å². The summed E-state index contributed by atoms with van der Waals surface area (Å²) < 4.78 is 5.13. The van der Waals surface area contributed by atoms with Crippen LogP contribution in [0.1, 0.15) is 17.5 Å². The molecule has 1 aliphatic heterocycles. The van der Waals surface area contributed by atoms with Gasteiger partial charge in [-0.3, -0.25) is 14.4 Å². The Balaban J connectivity index is 1.53. The van der Waals surface area contributed by atoms with Gasteiger partial charge in [-0.2, -0.15) is 0 Å². The first-order valence-electron chi connectivity index (χ1n) is 8.84. The van der Waals surface area contributed by atoms with Crippen LogP contribution >= 0.6 is 0 Å². The largest absolute Gasteiger partial charge is 0.455 e. The molecule has 140 valence electrons. The van der Waals surface area contributed by atoms with E-state index in [1.807, 2.05) is 56.3 Å². The fourth-order valence-electron chi connectivity index (χ4n) is 3.05. The smallest absolute Gasteiger partial charge is 0.311 e. The molecule has 2 aromatic rings. The van der Waals surface area contributed by atoms with Gasteiger partial charge in [-0.15, -0.1) is 0 Å². The number of amides is 2. The highest BCUT2D eigenvalue weighted by Gasteiger charge is 2.36. The second kappa shape index (κ2) is 8.03. The number of nitrogens with one attached hydrogen (secondary N) is 1. The normalized spacial score (nSPS) is 16.3. The summed E-state index contributed by atoms with van der Waals surface area (Å²) in [5.74, 6) is -1.62. The average Bonchev–Trinajstić information content (AvgIpc) is 3.06. The Bertz CT molecular complexity index is 864. The van der Waals surface area contributed by atoms with E-state index in [4.69, 9.17) is 4.74 Å². The van der Waals surface area contributed by atoms with Gasteiger partial charge in [-0.25, -0.2) is 0 Å². The summed E-state index contributed by atoms with van der Waals surface area (Å²) in [6.07, 6.45) is 0.0896. The summed E-state index contributed by atoms with van der Waals surface area (Å²) in [7, 11) is 0. The molecular weight excluding hydrogens is 344 g/mol. The maximum absolute atomic E-state index is 12.3. The molecule has 0 aliphatic carbocycles. The number of nitrogens with zero attached hydrogens (tertiary/aromatic N) is 1. The molecule has 27 heavy (non-hydrogen) atoms. The van der Waals surface area contributed by atoms with E-state index < -0.39 is 17.8 Å². The number of ether oxygens (including phenoxy) is 1. The van der Waals surface area contributed by atoms with Crippen molar-refractivity contribution in [2.45, 2.75) is 20.3 Å². The van der Waals surface area contributed by atoms with Gasteiger partial charge in [0.1, 0.15) is 0 Å². The highest BCUT2D eigenvalue weighted by Crippen LogP contribution is 2.25. The summed E-state index contributed by atoms with van der Waals surface area (Å²) in [5, 5.41) is 2.75. The Hall–Kier alpha value is -3.15. The number of rotatable bonds is 5. The molecule has 1 fully saturated rings. The van der Waals surface area contributed by atoms with Crippen molar-refractivity contribution in [2.24, 2.45) is 5.92 Å². The van der Waals surface area contributed by atoms with E-state index in [0.29, 0.717) is 5.69 Å². The Kier molecular flexibility index (Phi) is 5.54. The fourth-order valence-corrected chi connectivity index (χ4v) is 3.05. The van der Waals surface area contributed by atoms with Gasteiger partial charge in [-0.1, -0.05) is 30.3 Å². The molecule has 0 aromatic heterocycles. The van der Waals surface area contributed by atoms with Crippen LogP contribution in [0.5, 0.6) is 0 Å². The SMILES string of the molecule is Cc1cccc(NC(=O)COC(=O)[C@@H]2CC(=O)N(c3ccccc3)C2)c1C. The molecule has 3 rings (SSSR count). The average molecular weight is 366 g/mol. The standard InChI is InChI=1S/C21H22N2O4/c1-14-7-6-10-18(15(14)2)22-19(24)13-27-21(26)16-11-20(25)23(12-16)17-8-4-3-5-9-17/h3-10,16H,11-13H2,1-2H3,(H,22,24)/t16-/m1/s1. The zero-order valence-electron chi connectivity index (χ0n) is 15.4. The molecule has 0 radical (unpaired) electrons. The van der Waals surface area contributed by atoms with Crippen LogP contribution in [0.25, 0.3) is 0 Å². The molecule has 1 aliphatic rings. The number of aryl methyl sites for hydroxylation is 1. The third-order valence-corrected chi connectivity index (χ3v) is 4.75. The first kappa shape index (κ1) is 18.6. The van der Waals surface area contributed by atoms with Crippen LogP contribution in [-0.4, -0.2) is 30.9 Å². The molecule has 0 spiro atoms. The van der Waals surface area contributed by atoms with Crippen molar-refractivity contribution in [3.05, 3.63) is 59.7 Å². The van der Waals surface area contributed by atoms with Gasteiger partial charge in [0.15, 0.2) is 6.61 Å². The van der Waals surface area contributed by atoms with Crippen LogP contribution in [0.15, 0.2) is 48.5 Å². The third-order valence-electron chi connectivity index (χ3n) is 4.75. The van der Waals surface area contributed by atoms with Gasteiger partial charge >= 0.3 is 5.97 Å². The molecule has 1 heterocycles. The summed E-state index contributed by atoms with van der Waals surface area (Å²) in [5.41, 5.74) is 3.49. The molecule has 0 bridgehead atoms. The van der Waals surface area contributed by atoms with Crippen molar-refractivity contribution < 1.29 is 19.1 Å². The summed E-state index contributed by atoms with van der Waals surface area (Å²) in [6.45, 7) is 3.77. The van der Waals surface area contributed by atoms with E-state index in [9.17, 15) is 14.4 Å². The number of carbonyl (C=O) groups excluding carboxylic acids is 3. The van der Waals surface area contributed by atoms with E-state index in [1.165, 1.54) is 0 Å². The number of esters is 1. The van der Waals surface area contributed by atoms with Crippen molar-refractivity contribution in [1.29, 1.82) is 0 Å². The summed E-state index contributed by atoms with van der Waals surface area (Å²) in [4.78, 5) is 38.1. The highest BCUT2D eigenvalue weighted by molar-refractivity contribution is 6.00. The van der Waals surface area contributed by atoms with E-state index >= 15 is 0 Å². The summed E-state index contributed by atoms with van der Waals surface area (Å²) >= 11 is 0. The minimum absolute atomic E-state index is 0.0896. The minimum atomic E-state index is -0.564. The predicted molar refractivity (Wildman–Crippen MR) is 102 cm³/mol. The Morgan fingerprint density at radius 1 is 1.11 bits per heavy atom. The second-order valence-corrected chi connectivity index (χ2v) is 6.64. The fraction of sp³-hybridized carbons (Fsp3) is 0.286.